The van der Waals surface area contributed by atoms with Gasteiger partial charge in [-0.25, -0.2) is 12.7 Å². The van der Waals surface area contributed by atoms with E-state index in [-0.39, 0.29) is 5.41 Å². The van der Waals surface area contributed by atoms with Crippen molar-refractivity contribution in [3.05, 3.63) is 0 Å². The summed E-state index contributed by atoms with van der Waals surface area (Å²) in [5.74, 6) is 0.675. The van der Waals surface area contributed by atoms with Crippen molar-refractivity contribution in [2.24, 2.45) is 11.3 Å². The lowest BCUT2D eigenvalue weighted by Gasteiger charge is -2.41. The molecule has 1 aliphatic carbocycles. The Bertz CT molecular complexity index is 373. The third kappa shape index (κ3) is 2.83. The molecule has 0 spiro atoms. The number of rotatable bonds is 3. The molecule has 1 saturated heterocycles. The first-order valence-corrected chi connectivity index (χ1v) is 8.08. The van der Waals surface area contributed by atoms with Crippen molar-refractivity contribution >= 4 is 10.0 Å². The summed E-state index contributed by atoms with van der Waals surface area (Å²) in [6.45, 7) is 4.79. The summed E-state index contributed by atoms with van der Waals surface area (Å²) in [6, 6.07) is 0. The Morgan fingerprint density at radius 2 is 1.94 bits per heavy atom. The molecular weight excluding hydrogens is 238 g/mol. The van der Waals surface area contributed by atoms with Gasteiger partial charge in [0.05, 0.1) is 11.9 Å². The molecule has 1 atom stereocenters. The summed E-state index contributed by atoms with van der Waals surface area (Å²) in [5.41, 5.74) is -0.328. The summed E-state index contributed by atoms with van der Waals surface area (Å²) >= 11 is 0. The number of aliphatic hydroxyl groups is 1. The monoisotopic (exact) mass is 261 g/mol. The maximum absolute atomic E-state index is 12.2. The van der Waals surface area contributed by atoms with E-state index in [4.69, 9.17) is 0 Å². The lowest BCUT2D eigenvalue weighted by atomic mass is 9.82. The second kappa shape index (κ2) is 4.52. The first-order chi connectivity index (χ1) is 7.81. The van der Waals surface area contributed by atoms with Crippen LogP contribution >= 0.6 is 0 Å². The first kappa shape index (κ1) is 13.3. The molecule has 2 aliphatic rings. The number of hydrogen-bond acceptors (Lipinski definition) is 3. The maximum atomic E-state index is 12.2. The minimum absolute atomic E-state index is 0.305. The normalized spacial score (nSPS) is 31.1. The fraction of sp³-hybridized carbons (Fsp3) is 1.00. The molecule has 1 unspecified atom stereocenters. The van der Waals surface area contributed by atoms with Gasteiger partial charge >= 0.3 is 0 Å². The molecule has 1 saturated carbocycles. The quantitative estimate of drug-likeness (QED) is 0.831. The van der Waals surface area contributed by atoms with Crippen LogP contribution in [0.25, 0.3) is 0 Å². The van der Waals surface area contributed by atoms with Gasteiger partial charge in [-0.3, -0.25) is 0 Å². The van der Waals surface area contributed by atoms with Gasteiger partial charge in [-0.2, -0.15) is 0 Å². The van der Waals surface area contributed by atoms with E-state index in [9.17, 15) is 13.5 Å². The van der Waals surface area contributed by atoms with E-state index in [0.717, 1.165) is 12.8 Å². The fourth-order valence-corrected chi connectivity index (χ4v) is 4.65. The molecular formula is C12H23NO3S. The largest absolute Gasteiger partial charge is 0.392 e. The molecule has 2 fully saturated rings. The Labute approximate surface area is 104 Å². The average Bonchev–Trinajstić information content (AvgIpc) is 2.16. The van der Waals surface area contributed by atoms with Crippen LogP contribution in [0.2, 0.25) is 0 Å². The van der Waals surface area contributed by atoms with E-state index < -0.39 is 16.1 Å². The van der Waals surface area contributed by atoms with Gasteiger partial charge in [-0.15, -0.1) is 0 Å². The Balaban J connectivity index is 2.01. The van der Waals surface area contributed by atoms with Crippen molar-refractivity contribution in [1.82, 2.24) is 4.31 Å². The van der Waals surface area contributed by atoms with Crippen molar-refractivity contribution in [3.8, 4) is 0 Å². The van der Waals surface area contributed by atoms with Crippen molar-refractivity contribution in [1.29, 1.82) is 0 Å². The predicted molar refractivity (Wildman–Crippen MR) is 67.1 cm³/mol. The fourth-order valence-electron chi connectivity index (χ4n) is 2.60. The zero-order chi connectivity index (χ0) is 12.7. The topological polar surface area (TPSA) is 57.6 Å². The highest BCUT2D eigenvalue weighted by Crippen LogP contribution is 2.33. The molecule has 4 nitrogen and oxygen atoms in total. The highest BCUT2D eigenvalue weighted by Gasteiger charge is 2.40. The van der Waals surface area contributed by atoms with E-state index in [2.05, 4.69) is 0 Å². The van der Waals surface area contributed by atoms with E-state index >= 15 is 0 Å². The molecule has 5 heteroatoms. The number of aliphatic hydroxyl groups excluding tert-OH is 1. The Morgan fingerprint density at radius 3 is 2.41 bits per heavy atom. The van der Waals surface area contributed by atoms with Crippen LogP contribution in [0.4, 0.5) is 0 Å². The number of piperidine rings is 1. The van der Waals surface area contributed by atoms with Crippen LogP contribution in [-0.2, 0) is 10.0 Å². The summed E-state index contributed by atoms with van der Waals surface area (Å²) in [7, 11) is -3.12. The molecule has 0 radical (unpaired) electrons. The second-order valence-electron chi connectivity index (χ2n) is 6.20. The Hall–Kier alpha value is -0.130. The second-order valence-corrected chi connectivity index (χ2v) is 8.22. The van der Waals surface area contributed by atoms with Gasteiger partial charge in [-0.05, 0) is 25.2 Å². The van der Waals surface area contributed by atoms with E-state index in [0.29, 0.717) is 31.2 Å². The van der Waals surface area contributed by atoms with Crippen molar-refractivity contribution in [3.63, 3.8) is 0 Å². The highest BCUT2D eigenvalue weighted by atomic mass is 32.2. The minimum atomic E-state index is -3.12. The van der Waals surface area contributed by atoms with Gasteiger partial charge in [0.25, 0.3) is 0 Å². The van der Waals surface area contributed by atoms with Gasteiger partial charge in [0.15, 0.2) is 0 Å². The van der Waals surface area contributed by atoms with Gasteiger partial charge in [0, 0.05) is 18.5 Å². The van der Waals surface area contributed by atoms with Crippen molar-refractivity contribution in [2.45, 2.75) is 45.6 Å². The molecule has 0 aromatic heterocycles. The zero-order valence-electron chi connectivity index (χ0n) is 10.7. The van der Waals surface area contributed by atoms with Crippen molar-refractivity contribution in [2.75, 3.05) is 18.8 Å². The summed E-state index contributed by atoms with van der Waals surface area (Å²) in [4.78, 5) is 0. The van der Waals surface area contributed by atoms with Crippen LogP contribution in [0.1, 0.15) is 39.5 Å². The highest BCUT2D eigenvalue weighted by molar-refractivity contribution is 7.89. The average molecular weight is 261 g/mol. The van der Waals surface area contributed by atoms with Crippen LogP contribution in [0.15, 0.2) is 0 Å². The van der Waals surface area contributed by atoms with Gasteiger partial charge in [-0.1, -0.05) is 20.3 Å². The molecule has 2 rings (SSSR count). The minimum Gasteiger partial charge on any atom is -0.392 e. The SMILES string of the molecule is CC1(C)CN(S(=O)(=O)CC2CCC2)CCC1O. The molecule has 100 valence electrons. The van der Waals surface area contributed by atoms with E-state index in [1.54, 1.807) is 4.31 Å². The number of sulfonamides is 1. The summed E-state index contributed by atoms with van der Waals surface area (Å²) in [6.07, 6.45) is 3.44. The molecule has 0 amide bonds. The van der Waals surface area contributed by atoms with Crippen LogP contribution < -0.4 is 0 Å². The maximum Gasteiger partial charge on any atom is 0.214 e. The van der Waals surface area contributed by atoms with Gasteiger partial charge < -0.3 is 5.11 Å². The Morgan fingerprint density at radius 1 is 1.29 bits per heavy atom. The zero-order valence-corrected chi connectivity index (χ0v) is 11.5. The molecule has 0 aromatic rings. The van der Waals surface area contributed by atoms with Crippen molar-refractivity contribution < 1.29 is 13.5 Å². The molecule has 17 heavy (non-hydrogen) atoms. The number of hydrogen-bond donors (Lipinski definition) is 1. The van der Waals surface area contributed by atoms with Crippen LogP contribution in [0.5, 0.6) is 0 Å². The summed E-state index contributed by atoms with van der Waals surface area (Å²) < 4.78 is 26.0. The van der Waals surface area contributed by atoms with Crippen LogP contribution in [-0.4, -0.2) is 42.8 Å². The lowest BCUT2D eigenvalue weighted by Crippen LogP contribution is -2.51. The van der Waals surface area contributed by atoms with Gasteiger partial charge in [0.2, 0.25) is 10.0 Å². The third-order valence-electron chi connectivity index (χ3n) is 4.20. The molecule has 0 bridgehead atoms. The molecule has 0 aromatic carbocycles. The first-order valence-electron chi connectivity index (χ1n) is 6.47. The molecule has 1 aliphatic heterocycles. The summed E-state index contributed by atoms with van der Waals surface area (Å²) in [5, 5.41) is 9.84. The molecule has 1 heterocycles. The lowest BCUT2D eigenvalue weighted by molar-refractivity contribution is -0.000455. The van der Waals surface area contributed by atoms with Crippen LogP contribution in [0, 0.1) is 11.3 Å². The molecule has 1 N–H and O–H groups in total. The number of nitrogens with zero attached hydrogens (tertiary/aromatic N) is 1. The van der Waals surface area contributed by atoms with E-state index in [1.807, 2.05) is 13.8 Å². The Kier molecular flexibility index (Phi) is 3.54. The standard InChI is InChI=1S/C12H23NO3S/c1-12(2)9-13(7-6-11(12)14)17(15,16)8-10-4-3-5-10/h10-11,14H,3-9H2,1-2H3. The van der Waals surface area contributed by atoms with Crippen LogP contribution in [0.3, 0.4) is 0 Å². The van der Waals surface area contributed by atoms with E-state index in [1.165, 1.54) is 6.42 Å². The van der Waals surface area contributed by atoms with Gasteiger partial charge in [0.1, 0.15) is 0 Å². The smallest absolute Gasteiger partial charge is 0.214 e. The third-order valence-corrected chi connectivity index (χ3v) is 6.19. The predicted octanol–water partition coefficient (Wildman–Crippen LogP) is 1.21.